The van der Waals surface area contributed by atoms with Crippen LogP contribution in [0.2, 0.25) is 0 Å². The van der Waals surface area contributed by atoms with Gasteiger partial charge in [-0.2, -0.15) is 0 Å². The Balaban J connectivity index is 1.31. The monoisotopic (exact) mass is 498 g/mol. The molecular weight excluding hydrogens is 469 g/mol. The standard InChI is InChI=1S/C17H29IN3O4S/c22-13-24-12-14-10-15-16(26-14)2-6-21(15)11-17(23)19-4-1-5-20-7-3-18-25-9-8-20/h14,22H,1-13H2,(H,19,23)/q-1. The Morgan fingerprint density at radius 1 is 1.42 bits per heavy atom. The number of thioether (sulfide) groups is 1. The molecule has 3 aliphatic rings. The molecule has 0 bridgehead atoms. The van der Waals surface area contributed by atoms with E-state index in [2.05, 4.69) is 15.1 Å². The average Bonchev–Trinajstić information content (AvgIpc) is 3.09. The number of hydrogen-bond acceptors (Lipinski definition) is 7. The molecule has 1 saturated heterocycles. The molecule has 0 saturated carbocycles. The minimum absolute atomic E-state index is 0.0340. The van der Waals surface area contributed by atoms with Gasteiger partial charge in [0, 0.05) is 5.25 Å². The summed E-state index contributed by atoms with van der Waals surface area (Å²) in [6.07, 6.45) is 2.96. The minimum atomic E-state index is -0.222. The normalized spacial score (nSPS) is 24.3. The van der Waals surface area contributed by atoms with Gasteiger partial charge in [-0.05, 0) is 0 Å². The first-order valence-electron chi connectivity index (χ1n) is 9.28. The number of halogens is 1. The molecule has 0 aromatic heterocycles. The van der Waals surface area contributed by atoms with Gasteiger partial charge in [0.1, 0.15) is 6.79 Å². The summed E-state index contributed by atoms with van der Waals surface area (Å²) in [4.78, 5) is 18.3. The Morgan fingerprint density at radius 2 is 2.35 bits per heavy atom. The van der Waals surface area contributed by atoms with Crippen molar-refractivity contribution in [3.8, 4) is 0 Å². The zero-order chi connectivity index (χ0) is 18.2. The van der Waals surface area contributed by atoms with Crippen molar-refractivity contribution in [1.82, 2.24) is 15.1 Å². The molecule has 26 heavy (non-hydrogen) atoms. The molecule has 2 N–H and O–H groups in total. The molecule has 1 unspecified atom stereocenters. The van der Waals surface area contributed by atoms with Crippen molar-refractivity contribution in [2.24, 2.45) is 0 Å². The van der Waals surface area contributed by atoms with E-state index in [0.29, 0.717) is 18.4 Å². The number of amides is 1. The first-order chi connectivity index (χ1) is 12.8. The van der Waals surface area contributed by atoms with Crippen LogP contribution in [-0.4, -0.2) is 89.8 Å². The quantitative estimate of drug-likeness (QED) is 0.154. The molecular formula is C17H29IN3O4S-. The maximum atomic E-state index is 12.3. The van der Waals surface area contributed by atoms with Crippen LogP contribution in [0.5, 0.6) is 0 Å². The predicted molar refractivity (Wildman–Crippen MR) is 97.1 cm³/mol. The molecule has 3 aliphatic heterocycles. The molecule has 0 aliphatic carbocycles. The fraction of sp³-hybridized carbons (Fsp3) is 0.824. The van der Waals surface area contributed by atoms with E-state index in [9.17, 15) is 4.79 Å². The van der Waals surface area contributed by atoms with Gasteiger partial charge in [-0.3, -0.25) is 0 Å². The topological polar surface area (TPSA) is 74.3 Å². The Hall–Kier alpha value is -0.0700. The van der Waals surface area contributed by atoms with Crippen molar-refractivity contribution in [2.75, 3.05) is 63.7 Å². The van der Waals surface area contributed by atoms with E-state index in [1.165, 1.54) is 15.0 Å². The van der Waals surface area contributed by atoms with E-state index in [1.54, 1.807) is 0 Å². The second-order valence-electron chi connectivity index (χ2n) is 6.64. The number of nitrogens with zero attached hydrogens (tertiary/aromatic N) is 2. The van der Waals surface area contributed by atoms with Crippen molar-refractivity contribution < 1.29 is 39.3 Å². The molecule has 0 spiro atoms. The van der Waals surface area contributed by atoms with Gasteiger partial charge in [-0.1, -0.05) is 0 Å². The van der Waals surface area contributed by atoms with E-state index in [0.717, 1.165) is 58.6 Å². The summed E-state index contributed by atoms with van der Waals surface area (Å²) in [5, 5.41) is 12.2. The third-order valence-corrected chi connectivity index (χ3v) is 7.95. The van der Waals surface area contributed by atoms with Crippen molar-refractivity contribution in [2.45, 2.75) is 24.5 Å². The Labute approximate surface area is 170 Å². The molecule has 7 nitrogen and oxygen atoms in total. The van der Waals surface area contributed by atoms with Gasteiger partial charge in [-0.25, -0.2) is 0 Å². The SMILES string of the molecule is O=C(CN1CCC2=C1CC(COCO)S2)NCCCN1CCO[I-]CC1. The van der Waals surface area contributed by atoms with Crippen LogP contribution in [0.4, 0.5) is 0 Å². The summed E-state index contributed by atoms with van der Waals surface area (Å²) in [5.74, 6) is 0.115. The van der Waals surface area contributed by atoms with Gasteiger partial charge in [0.25, 0.3) is 0 Å². The molecule has 1 amide bonds. The molecule has 0 radical (unpaired) electrons. The molecule has 0 aromatic rings. The summed E-state index contributed by atoms with van der Waals surface area (Å²) in [5.41, 5.74) is 1.31. The van der Waals surface area contributed by atoms with Crippen LogP contribution < -0.4 is 26.9 Å². The third kappa shape index (κ3) is 6.23. The van der Waals surface area contributed by atoms with Gasteiger partial charge in [0.2, 0.25) is 0 Å². The van der Waals surface area contributed by atoms with E-state index in [1.807, 2.05) is 11.8 Å². The second-order valence-corrected chi connectivity index (χ2v) is 10.4. The van der Waals surface area contributed by atoms with Crippen molar-refractivity contribution in [3.05, 3.63) is 10.6 Å². The Bertz CT molecular complexity index is 500. The van der Waals surface area contributed by atoms with E-state index in [-0.39, 0.29) is 34.3 Å². The van der Waals surface area contributed by atoms with Gasteiger partial charge in [0.05, 0.1) is 6.61 Å². The van der Waals surface area contributed by atoms with Crippen LogP contribution in [0.1, 0.15) is 19.3 Å². The van der Waals surface area contributed by atoms with Crippen molar-refractivity contribution in [1.29, 1.82) is 0 Å². The van der Waals surface area contributed by atoms with Gasteiger partial charge >= 0.3 is 131 Å². The Kier molecular flexibility index (Phi) is 8.79. The third-order valence-electron chi connectivity index (χ3n) is 4.78. The van der Waals surface area contributed by atoms with Gasteiger partial charge < -0.3 is 9.84 Å². The number of carbonyl (C=O) groups excluding carboxylic acids is 1. The molecule has 1 fully saturated rings. The summed E-state index contributed by atoms with van der Waals surface area (Å²) in [7, 11) is 0. The van der Waals surface area contributed by atoms with Crippen molar-refractivity contribution in [3.63, 3.8) is 0 Å². The number of nitrogens with one attached hydrogen (secondary N) is 1. The number of rotatable bonds is 9. The number of aliphatic hydroxyl groups excluding tert-OH is 1. The fourth-order valence-electron chi connectivity index (χ4n) is 3.49. The summed E-state index contributed by atoms with van der Waals surface area (Å²) >= 11 is 1.81. The van der Waals surface area contributed by atoms with Crippen molar-refractivity contribution >= 4 is 17.7 Å². The predicted octanol–water partition coefficient (Wildman–Crippen LogP) is -2.78. The molecule has 0 aromatic carbocycles. The first kappa shape index (κ1) is 20.7. The van der Waals surface area contributed by atoms with Crippen LogP contribution in [0.15, 0.2) is 10.6 Å². The van der Waals surface area contributed by atoms with Gasteiger partial charge in [0.15, 0.2) is 0 Å². The maximum absolute atomic E-state index is 12.3. The van der Waals surface area contributed by atoms with E-state index >= 15 is 0 Å². The summed E-state index contributed by atoms with van der Waals surface area (Å²) in [6.45, 7) is 6.56. The Morgan fingerprint density at radius 3 is 3.23 bits per heavy atom. The molecule has 3 rings (SSSR count). The van der Waals surface area contributed by atoms with Crippen LogP contribution in [-0.2, 0) is 12.6 Å². The summed E-state index contributed by atoms with van der Waals surface area (Å²) < 4.78 is 11.9. The average molecular weight is 498 g/mol. The molecule has 150 valence electrons. The molecule has 3 heterocycles. The molecule has 9 heteroatoms. The zero-order valence-corrected chi connectivity index (χ0v) is 18.1. The first-order valence-corrected chi connectivity index (χ1v) is 12.6. The van der Waals surface area contributed by atoms with Crippen LogP contribution in [0.25, 0.3) is 0 Å². The second kappa shape index (κ2) is 11.1. The van der Waals surface area contributed by atoms with Gasteiger partial charge in [-0.15, -0.1) is 11.8 Å². The van der Waals surface area contributed by atoms with E-state index < -0.39 is 0 Å². The summed E-state index contributed by atoms with van der Waals surface area (Å²) in [6, 6.07) is 0. The van der Waals surface area contributed by atoms with Crippen LogP contribution in [0.3, 0.4) is 0 Å². The number of ether oxygens (including phenoxy) is 1. The molecule has 1 atom stereocenters. The zero-order valence-electron chi connectivity index (χ0n) is 15.1. The fourth-order valence-corrected chi connectivity index (χ4v) is 6.56. The number of alkyl halides is 1. The number of carbonyl (C=O) groups is 1. The van der Waals surface area contributed by atoms with E-state index in [4.69, 9.17) is 12.9 Å². The van der Waals surface area contributed by atoms with Crippen LogP contribution in [0, 0.1) is 0 Å². The number of hydrogen-bond donors (Lipinski definition) is 2. The number of allylic oxidation sites excluding steroid dienone is 1. The number of aliphatic hydroxyl groups is 1. The van der Waals surface area contributed by atoms with Crippen LogP contribution >= 0.6 is 11.8 Å².